The first-order valence-corrected chi connectivity index (χ1v) is 10.0. The van der Waals surface area contributed by atoms with Crippen molar-refractivity contribution < 1.29 is 9.32 Å². The molecule has 1 aliphatic heterocycles. The lowest BCUT2D eigenvalue weighted by molar-refractivity contribution is -0.135. The zero-order chi connectivity index (χ0) is 19.1. The first-order valence-electron chi connectivity index (χ1n) is 9.64. The molecule has 2 heterocycles. The summed E-state index contributed by atoms with van der Waals surface area (Å²) in [6, 6.07) is 17.3. The van der Waals surface area contributed by atoms with Crippen LogP contribution in [0, 0.1) is 0 Å². The Morgan fingerprint density at radius 1 is 1.11 bits per heavy atom. The number of rotatable bonds is 4. The van der Waals surface area contributed by atoms with Crippen LogP contribution in [0.5, 0.6) is 0 Å². The van der Waals surface area contributed by atoms with Crippen LogP contribution < -0.4 is 0 Å². The maximum Gasteiger partial charge on any atom is 0.249 e. The van der Waals surface area contributed by atoms with Crippen molar-refractivity contribution in [2.75, 3.05) is 6.54 Å². The highest BCUT2D eigenvalue weighted by Gasteiger charge is 2.55. The number of benzene rings is 2. The molecule has 0 unspecified atom stereocenters. The highest BCUT2D eigenvalue weighted by atomic mass is 35.5. The fourth-order valence-electron chi connectivity index (χ4n) is 4.17. The van der Waals surface area contributed by atoms with Gasteiger partial charge in [0.2, 0.25) is 17.6 Å². The topological polar surface area (TPSA) is 59.2 Å². The Kier molecular flexibility index (Phi) is 4.20. The Morgan fingerprint density at radius 2 is 1.86 bits per heavy atom. The Hall–Kier alpha value is -2.66. The average molecular weight is 394 g/mol. The number of carbonyl (C=O) groups excluding carboxylic acids is 1. The van der Waals surface area contributed by atoms with Gasteiger partial charge in [-0.1, -0.05) is 59.2 Å². The Balaban J connectivity index is 1.42. The second-order valence-corrected chi connectivity index (χ2v) is 7.95. The van der Waals surface area contributed by atoms with Gasteiger partial charge in [0.15, 0.2) is 0 Å². The first-order chi connectivity index (χ1) is 13.7. The molecule has 2 aromatic carbocycles. The van der Waals surface area contributed by atoms with Gasteiger partial charge in [0.25, 0.3) is 0 Å². The number of amides is 1. The third-order valence-electron chi connectivity index (χ3n) is 5.84. The Morgan fingerprint density at radius 3 is 2.61 bits per heavy atom. The van der Waals surface area contributed by atoms with E-state index in [1.54, 1.807) is 6.07 Å². The molecule has 0 radical (unpaired) electrons. The lowest BCUT2D eigenvalue weighted by Gasteiger charge is -2.27. The largest absolute Gasteiger partial charge is 0.337 e. The second kappa shape index (κ2) is 6.74. The lowest BCUT2D eigenvalue weighted by atomic mass is 9.94. The minimum absolute atomic E-state index is 0.169. The Bertz CT molecular complexity index is 1010. The quantitative estimate of drug-likeness (QED) is 0.639. The highest BCUT2D eigenvalue weighted by Crippen LogP contribution is 2.51. The van der Waals surface area contributed by atoms with Crippen molar-refractivity contribution >= 4 is 17.5 Å². The maximum atomic E-state index is 13.5. The van der Waals surface area contributed by atoms with E-state index in [0.29, 0.717) is 16.7 Å². The molecule has 1 saturated carbocycles. The summed E-state index contributed by atoms with van der Waals surface area (Å²) in [5, 5.41) is 4.69. The summed E-state index contributed by atoms with van der Waals surface area (Å²) in [5.74, 6) is 1.13. The van der Waals surface area contributed by atoms with Gasteiger partial charge in [-0.25, -0.2) is 0 Å². The molecule has 5 nitrogen and oxygen atoms in total. The van der Waals surface area contributed by atoms with Gasteiger partial charge < -0.3 is 9.42 Å². The molecule has 1 aliphatic carbocycles. The van der Waals surface area contributed by atoms with Crippen molar-refractivity contribution in [3.63, 3.8) is 0 Å². The number of likely N-dealkylation sites (tertiary alicyclic amines) is 1. The van der Waals surface area contributed by atoms with Gasteiger partial charge in [0.05, 0.1) is 10.4 Å². The van der Waals surface area contributed by atoms with Gasteiger partial charge in [0.1, 0.15) is 6.04 Å². The van der Waals surface area contributed by atoms with E-state index in [-0.39, 0.29) is 17.4 Å². The van der Waals surface area contributed by atoms with Crippen molar-refractivity contribution in [2.24, 2.45) is 0 Å². The molecule has 6 heteroatoms. The molecule has 0 spiro atoms. The van der Waals surface area contributed by atoms with Crippen LogP contribution in [0.1, 0.15) is 43.2 Å². The molecular formula is C22H20ClN3O2. The van der Waals surface area contributed by atoms with Gasteiger partial charge >= 0.3 is 0 Å². The van der Waals surface area contributed by atoms with Crippen LogP contribution in [0.4, 0.5) is 0 Å². The van der Waals surface area contributed by atoms with E-state index in [2.05, 4.69) is 22.3 Å². The molecule has 1 saturated heterocycles. The number of hydrogen-bond acceptors (Lipinski definition) is 4. The number of hydrogen-bond donors (Lipinski definition) is 0. The minimum atomic E-state index is -0.380. The van der Waals surface area contributed by atoms with Crippen LogP contribution in [-0.2, 0) is 10.2 Å². The third kappa shape index (κ3) is 2.81. The molecule has 2 fully saturated rings. The van der Waals surface area contributed by atoms with Crippen molar-refractivity contribution in [3.8, 4) is 11.4 Å². The fourth-order valence-corrected chi connectivity index (χ4v) is 4.39. The van der Waals surface area contributed by atoms with Crippen LogP contribution >= 0.6 is 11.6 Å². The molecule has 0 bridgehead atoms. The summed E-state index contributed by atoms with van der Waals surface area (Å²) < 4.78 is 5.56. The van der Waals surface area contributed by atoms with Crippen LogP contribution in [0.15, 0.2) is 59.1 Å². The van der Waals surface area contributed by atoms with Crippen LogP contribution in [0.2, 0.25) is 5.02 Å². The number of aromatic nitrogens is 2. The molecule has 0 N–H and O–H groups in total. The minimum Gasteiger partial charge on any atom is -0.337 e. The van der Waals surface area contributed by atoms with E-state index in [0.717, 1.165) is 43.4 Å². The van der Waals surface area contributed by atoms with E-state index in [4.69, 9.17) is 16.1 Å². The van der Waals surface area contributed by atoms with E-state index in [9.17, 15) is 4.79 Å². The van der Waals surface area contributed by atoms with Gasteiger partial charge in [-0.05, 0) is 43.4 Å². The van der Waals surface area contributed by atoms with E-state index in [1.807, 2.05) is 41.3 Å². The number of nitrogens with zero attached hydrogens (tertiary/aromatic N) is 3. The monoisotopic (exact) mass is 393 g/mol. The highest BCUT2D eigenvalue weighted by molar-refractivity contribution is 6.33. The summed E-state index contributed by atoms with van der Waals surface area (Å²) in [6.45, 7) is 0.724. The van der Waals surface area contributed by atoms with E-state index < -0.39 is 0 Å². The van der Waals surface area contributed by atoms with E-state index >= 15 is 0 Å². The maximum absolute atomic E-state index is 13.5. The average Bonchev–Trinajstić information content (AvgIpc) is 3.16. The molecule has 28 heavy (non-hydrogen) atoms. The van der Waals surface area contributed by atoms with Crippen LogP contribution in [0.25, 0.3) is 11.4 Å². The molecule has 1 atom stereocenters. The first kappa shape index (κ1) is 17.4. The normalized spacial score (nSPS) is 20.3. The summed E-state index contributed by atoms with van der Waals surface area (Å²) in [5.41, 5.74) is 1.46. The van der Waals surface area contributed by atoms with Gasteiger partial charge in [-0.2, -0.15) is 4.98 Å². The SMILES string of the molecule is O=C(N1CCC[C@@H]1c1nc(-c2ccccc2Cl)no1)C1(c2ccccc2)CC1. The molecule has 2 aliphatic rings. The Labute approximate surface area is 168 Å². The van der Waals surface area contributed by atoms with Crippen molar-refractivity contribution in [2.45, 2.75) is 37.1 Å². The summed E-state index contributed by atoms with van der Waals surface area (Å²) in [4.78, 5) is 20.0. The molecular weight excluding hydrogens is 374 g/mol. The summed E-state index contributed by atoms with van der Waals surface area (Å²) in [7, 11) is 0. The van der Waals surface area contributed by atoms with Gasteiger partial charge in [0, 0.05) is 12.1 Å². The van der Waals surface area contributed by atoms with Crippen LogP contribution in [-0.4, -0.2) is 27.5 Å². The van der Waals surface area contributed by atoms with Crippen molar-refractivity contribution in [1.29, 1.82) is 0 Å². The number of halogens is 1. The summed E-state index contributed by atoms with van der Waals surface area (Å²) in [6.07, 6.45) is 3.56. The van der Waals surface area contributed by atoms with Crippen molar-refractivity contribution in [1.82, 2.24) is 15.0 Å². The molecule has 1 amide bonds. The second-order valence-electron chi connectivity index (χ2n) is 7.54. The smallest absolute Gasteiger partial charge is 0.249 e. The van der Waals surface area contributed by atoms with Gasteiger partial charge in [-0.3, -0.25) is 4.79 Å². The predicted octanol–water partition coefficient (Wildman–Crippen LogP) is 4.79. The molecule has 1 aromatic heterocycles. The summed E-state index contributed by atoms with van der Waals surface area (Å²) >= 11 is 6.26. The molecule has 5 rings (SSSR count). The fraction of sp³-hybridized carbons (Fsp3) is 0.318. The standard InChI is InChI=1S/C22H20ClN3O2/c23-17-10-5-4-9-16(17)19-24-20(28-25-19)18-11-6-14-26(18)21(27)22(12-13-22)15-7-2-1-3-8-15/h1-5,7-10,18H,6,11-14H2/t18-/m1/s1. The zero-order valence-corrected chi connectivity index (χ0v) is 16.1. The number of carbonyl (C=O) groups is 1. The molecule has 3 aromatic rings. The third-order valence-corrected chi connectivity index (χ3v) is 6.17. The zero-order valence-electron chi connectivity index (χ0n) is 15.3. The lowest BCUT2D eigenvalue weighted by Crippen LogP contribution is -2.39. The predicted molar refractivity (Wildman–Crippen MR) is 106 cm³/mol. The van der Waals surface area contributed by atoms with Crippen LogP contribution in [0.3, 0.4) is 0 Å². The van der Waals surface area contributed by atoms with Gasteiger partial charge in [-0.15, -0.1) is 0 Å². The van der Waals surface area contributed by atoms with E-state index in [1.165, 1.54) is 0 Å². The van der Waals surface area contributed by atoms with Crippen molar-refractivity contribution in [3.05, 3.63) is 71.1 Å². The molecule has 142 valence electrons.